The zero-order valence-electron chi connectivity index (χ0n) is 17.4. The second-order valence-electron chi connectivity index (χ2n) is 7.29. The second kappa shape index (κ2) is 9.45. The van der Waals surface area contributed by atoms with Crippen molar-refractivity contribution in [2.45, 2.75) is 19.7 Å². The van der Waals surface area contributed by atoms with Crippen LogP contribution in [0.2, 0.25) is 0 Å². The van der Waals surface area contributed by atoms with Crippen LogP contribution in [-0.4, -0.2) is 34.0 Å². The first-order valence-electron chi connectivity index (χ1n) is 9.82. The molecule has 2 aromatic carbocycles. The van der Waals surface area contributed by atoms with Gasteiger partial charge >= 0.3 is 6.61 Å². The van der Waals surface area contributed by atoms with Gasteiger partial charge in [-0.05, 0) is 35.4 Å². The molecule has 0 atom stereocenters. The predicted molar refractivity (Wildman–Crippen MR) is 119 cm³/mol. The maximum absolute atomic E-state index is 13.3. The highest BCUT2D eigenvalue weighted by molar-refractivity contribution is 7.17. The minimum Gasteiger partial charge on any atom is -0.435 e. The molecule has 10 heteroatoms. The summed E-state index contributed by atoms with van der Waals surface area (Å²) in [6, 6.07) is 11.8. The van der Waals surface area contributed by atoms with Crippen LogP contribution in [-0.2, 0) is 17.9 Å². The molecule has 33 heavy (non-hydrogen) atoms. The van der Waals surface area contributed by atoms with Gasteiger partial charge in [-0.25, -0.2) is 9.37 Å². The van der Waals surface area contributed by atoms with Crippen molar-refractivity contribution in [2.24, 2.45) is 0 Å². The van der Waals surface area contributed by atoms with Crippen molar-refractivity contribution in [1.29, 1.82) is 0 Å². The van der Waals surface area contributed by atoms with Crippen molar-refractivity contribution in [1.82, 2.24) is 14.5 Å². The van der Waals surface area contributed by atoms with Crippen molar-refractivity contribution in [3.8, 4) is 16.9 Å². The van der Waals surface area contributed by atoms with E-state index in [4.69, 9.17) is 0 Å². The standard InChI is InChI=1S/C23H18F3N3O3S/c1-28(10-14-2-8-17(9-3-14)32-23(25)26)19(30)11-29-13-27-21-20(22(29)31)18(12-33-21)15-4-6-16(24)7-5-15/h2-9,12-13,23H,10-11H2,1H3. The largest absolute Gasteiger partial charge is 0.435 e. The van der Waals surface area contributed by atoms with Crippen molar-refractivity contribution in [3.63, 3.8) is 0 Å². The fraction of sp³-hybridized carbons (Fsp3) is 0.174. The zero-order chi connectivity index (χ0) is 23.5. The van der Waals surface area contributed by atoms with Gasteiger partial charge in [0.25, 0.3) is 5.56 Å². The number of nitrogens with zero attached hydrogens (tertiary/aromatic N) is 3. The van der Waals surface area contributed by atoms with Crippen LogP contribution >= 0.6 is 11.3 Å². The van der Waals surface area contributed by atoms with Crippen LogP contribution in [0.3, 0.4) is 0 Å². The number of alkyl halides is 2. The summed E-state index contributed by atoms with van der Waals surface area (Å²) in [5.41, 5.74) is 1.66. The van der Waals surface area contributed by atoms with E-state index >= 15 is 0 Å². The van der Waals surface area contributed by atoms with Crippen LogP contribution in [0.15, 0.2) is 65.0 Å². The molecule has 0 N–H and O–H groups in total. The van der Waals surface area contributed by atoms with Crippen LogP contribution in [0, 0.1) is 5.82 Å². The Hall–Kier alpha value is -3.66. The Morgan fingerprint density at radius 2 is 1.85 bits per heavy atom. The summed E-state index contributed by atoms with van der Waals surface area (Å²) < 4.78 is 43.4. The molecule has 0 bridgehead atoms. The maximum atomic E-state index is 13.3. The number of aromatic nitrogens is 2. The molecule has 0 unspecified atom stereocenters. The van der Waals surface area contributed by atoms with Crippen LogP contribution in [0.1, 0.15) is 5.56 Å². The molecule has 0 aliphatic rings. The summed E-state index contributed by atoms with van der Waals surface area (Å²) in [7, 11) is 1.58. The normalized spacial score (nSPS) is 11.2. The number of thiophene rings is 1. The van der Waals surface area contributed by atoms with Crippen LogP contribution in [0.25, 0.3) is 21.3 Å². The first kappa shape index (κ1) is 22.5. The predicted octanol–water partition coefficient (Wildman–Crippen LogP) is 4.52. The number of benzene rings is 2. The molecule has 0 saturated carbocycles. The molecule has 170 valence electrons. The molecule has 2 heterocycles. The smallest absolute Gasteiger partial charge is 0.387 e. The number of carbonyl (C=O) groups is 1. The Balaban J connectivity index is 1.51. The maximum Gasteiger partial charge on any atom is 0.387 e. The molecular weight excluding hydrogens is 455 g/mol. The number of carbonyl (C=O) groups excluding carboxylic acids is 1. The quantitative estimate of drug-likeness (QED) is 0.396. The van der Waals surface area contributed by atoms with E-state index in [-0.39, 0.29) is 36.1 Å². The Morgan fingerprint density at radius 1 is 1.15 bits per heavy atom. The molecule has 6 nitrogen and oxygen atoms in total. The number of rotatable bonds is 7. The minimum absolute atomic E-state index is 0.0291. The molecule has 4 rings (SSSR count). The summed E-state index contributed by atoms with van der Waals surface area (Å²) >= 11 is 1.30. The lowest BCUT2D eigenvalue weighted by Gasteiger charge is -2.18. The van der Waals surface area contributed by atoms with E-state index in [1.165, 1.54) is 51.4 Å². The Bertz CT molecular complexity index is 1340. The molecule has 0 radical (unpaired) electrons. The summed E-state index contributed by atoms with van der Waals surface area (Å²) in [5.74, 6) is -0.676. The summed E-state index contributed by atoms with van der Waals surface area (Å²) in [6.45, 7) is -2.91. The van der Waals surface area contributed by atoms with Gasteiger partial charge in [0.05, 0.1) is 11.7 Å². The van der Waals surface area contributed by atoms with Gasteiger partial charge < -0.3 is 9.64 Å². The molecule has 4 aromatic rings. The molecule has 2 aromatic heterocycles. The number of ether oxygens (including phenoxy) is 1. The molecule has 0 aliphatic heterocycles. The van der Waals surface area contributed by atoms with Gasteiger partial charge in [0.1, 0.15) is 22.9 Å². The number of hydrogen-bond donors (Lipinski definition) is 0. The highest BCUT2D eigenvalue weighted by atomic mass is 32.1. The fourth-order valence-corrected chi connectivity index (χ4v) is 4.23. The third kappa shape index (κ3) is 5.06. The third-order valence-electron chi connectivity index (χ3n) is 5.02. The number of halogens is 3. The minimum atomic E-state index is -2.91. The van der Waals surface area contributed by atoms with Crippen LogP contribution < -0.4 is 10.3 Å². The SMILES string of the molecule is CN(Cc1ccc(OC(F)F)cc1)C(=O)Cn1cnc2scc(-c3ccc(F)cc3)c2c1=O. The second-order valence-corrected chi connectivity index (χ2v) is 8.14. The van der Waals surface area contributed by atoms with Gasteiger partial charge in [-0.2, -0.15) is 8.78 Å². The highest BCUT2D eigenvalue weighted by Crippen LogP contribution is 2.30. The lowest BCUT2D eigenvalue weighted by Crippen LogP contribution is -2.33. The lowest BCUT2D eigenvalue weighted by atomic mass is 10.1. The fourth-order valence-electron chi connectivity index (χ4n) is 3.33. The van der Waals surface area contributed by atoms with Gasteiger partial charge in [-0.3, -0.25) is 14.2 Å². The Kier molecular flexibility index (Phi) is 6.45. The Labute approximate surface area is 190 Å². The van der Waals surface area contributed by atoms with Gasteiger partial charge in [-0.15, -0.1) is 11.3 Å². The van der Waals surface area contributed by atoms with Crippen LogP contribution in [0.5, 0.6) is 5.75 Å². The van der Waals surface area contributed by atoms with E-state index in [1.54, 1.807) is 36.7 Å². The molecule has 0 fully saturated rings. The third-order valence-corrected chi connectivity index (χ3v) is 5.90. The van der Waals surface area contributed by atoms with Gasteiger partial charge in [0.15, 0.2) is 0 Å². The van der Waals surface area contributed by atoms with E-state index in [0.717, 1.165) is 0 Å². The Morgan fingerprint density at radius 3 is 2.52 bits per heavy atom. The number of likely N-dealkylation sites (N-methyl/N-ethyl adjacent to an activating group) is 1. The highest BCUT2D eigenvalue weighted by Gasteiger charge is 2.17. The monoisotopic (exact) mass is 473 g/mol. The van der Waals surface area contributed by atoms with Gasteiger partial charge in [-0.1, -0.05) is 24.3 Å². The molecule has 0 saturated heterocycles. The van der Waals surface area contributed by atoms with E-state index in [0.29, 0.717) is 26.9 Å². The molecule has 0 spiro atoms. The number of fused-ring (bicyclic) bond motifs is 1. The summed E-state index contributed by atoms with van der Waals surface area (Å²) in [5, 5.41) is 2.16. The average Bonchev–Trinajstić information content (AvgIpc) is 3.22. The van der Waals surface area contributed by atoms with Crippen molar-refractivity contribution in [3.05, 3.63) is 82.0 Å². The van der Waals surface area contributed by atoms with Gasteiger partial charge in [0, 0.05) is 24.5 Å². The first-order chi connectivity index (χ1) is 15.8. The topological polar surface area (TPSA) is 64.4 Å². The van der Waals surface area contributed by atoms with E-state index in [2.05, 4.69) is 9.72 Å². The molecular formula is C23H18F3N3O3S. The number of hydrogen-bond acceptors (Lipinski definition) is 5. The van der Waals surface area contributed by atoms with E-state index in [9.17, 15) is 22.8 Å². The summed E-state index contributed by atoms with van der Waals surface area (Å²) in [6.07, 6.45) is 1.33. The lowest BCUT2D eigenvalue weighted by molar-refractivity contribution is -0.131. The van der Waals surface area contributed by atoms with Crippen molar-refractivity contribution in [2.75, 3.05) is 7.05 Å². The van der Waals surface area contributed by atoms with Crippen molar-refractivity contribution < 1.29 is 22.7 Å². The van der Waals surface area contributed by atoms with Crippen molar-refractivity contribution >= 4 is 27.5 Å². The average molecular weight is 473 g/mol. The van der Waals surface area contributed by atoms with E-state index < -0.39 is 6.61 Å². The van der Waals surface area contributed by atoms with E-state index in [1.807, 2.05) is 0 Å². The molecule has 1 amide bonds. The first-order valence-corrected chi connectivity index (χ1v) is 10.7. The zero-order valence-corrected chi connectivity index (χ0v) is 18.2. The number of amides is 1. The van der Waals surface area contributed by atoms with Crippen LogP contribution in [0.4, 0.5) is 13.2 Å². The van der Waals surface area contributed by atoms with Gasteiger partial charge in [0.2, 0.25) is 5.91 Å². The molecule has 0 aliphatic carbocycles. The summed E-state index contributed by atoms with van der Waals surface area (Å²) in [4.78, 5) is 32.1.